The second-order valence-electron chi connectivity index (χ2n) is 4.85. The third kappa shape index (κ3) is 4.33. The monoisotopic (exact) mass is 254 g/mol. The highest BCUT2D eigenvalue weighted by atomic mass is 19.1. The smallest absolute Gasteiger partial charge is 0.340 e. The number of ether oxygens (including phenoxy) is 1. The summed E-state index contributed by atoms with van der Waals surface area (Å²) in [6.07, 6.45) is 0.762. The number of nitrogens with one attached hydrogen (secondary N) is 1. The van der Waals surface area contributed by atoms with Crippen LogP contribution in [0.15, 0.2) is 18.2 Å². The maximum atomic E-state index is 13.4. The van der Waals surface area contributed by atoms with Crippen molar-refractivity contribution in [1.29, 1.82) is 0 Å². The van der Waals surface area contributed by atoms with Gasteiger partial charge in [-0.1, -0.05) is 0 Å². The molecule has 1 aromatic rings. The van der Waals surface area contributed by atoms with Crippen LogP contribution >= 0.6 is 0 Å². The molecule has 0 fully saturated rings. The first-order valence-electron chi connectivity index (χ1n) is 5.74. The van der Waals surface area contributed by atoms with Crippen molar-refractivity contribution >= 4 is 11.7 Å². The molecular weight excluding hydrogens is 235 g/mol. The highest BCUT2D eigenvalue weighted by Crippen LogP contribution is 2.16. The maximum absolute atomic E-state index is 13.4. The summed E-state index contributed by atoms with van der Waals surface area (Å²) >= 11 is 0. The van der Waals surface area contributed by atoms with Gasteiger partial charge in [0.2, 0.25) is 0 Å². The number of hydrogen-bond acceptors (Lipinski definition) is 4. The topological polar surface area (TPSA) is 64.3 Å². The van der Waals surface area contributed by atoms with Gasteiger partial charge in [0, 0.05) is 17.8 Å². The minimum absolute atomic E-state index is 0.0745. The van der Waals surface area contributed by atoms with Crippen molar-refractivity contribution in [2.75, 3.05) is 19.0 Å². The molecule has 4 nitrogen and oxygen atoms in total. The van der Waals surface area contributed by atoms with Crippen LogP contribution in [-0.2, 0) is 4.74 Å². The number of halogens is 1. The average Bonchev–Trinajstić information content (AvgIpc) is 2.28. The fraction of sp³-hybridized carbons (Fsp3) is 0.462. The number of nitrogens with two attached hydrogens (primary N) is 1. The van der Waals surface area contributed by atoms with E-state index in [1.807, 2.05) is 13.8 Å². The normalized spacial score (nSPS) is 11.2. The van der Waals surface area contributed by atoms with E-state index in [0.717, 1.165) is 6.42 Å². The summed E-state index contributed by atoms with van der Waals surface area (Å²) in [5, 5.41) is 3.09. The Labute approximate surface area is 106 Å². The first kappa shape index (κ1) is 14.4. The lowest BCUT2D eigenvalue weighted by Crippen LogP contribution is -2.34. The number of benzene rings is 1. The molecular formula is C13H19FN2O2. The summed E-state index contributed by atoms with van der Waals surface area (Å²) in [4.78, 5) is 11.3. The third-order valence-electron chi connectivity index (χ3n) is 2.47. The van der Waals surface area contributed by atoms with Crippen LogP contribution in [0.5, 0.6) is 0 Å². The van der Waals surface area contributed by atoms with Gasteiger partial charge in [0.1, 0.15) is 5.82 Å². The summed E-state index contributed by atoms with van der Waals surface area (Å²) in [5.41, 5.74) is 6.18. The van der Waals surface area contributed by atoms with Gasteiger partial charge in [0.15, 0.2) is 0 Å². The Kier molecular flexibility index (Phi) is 4.67. The van der Waals surface area contributed by atoms with E-state index in [1.54, 1.807) is 6.07 Å². The van der Waals surface area contributed by atoms with Crippen LogP contribution in [0, 0.1) is 5.82 Å². The fourth-order valence-electron chi connectivity index (χ4n) is 1.43. The maximum Gasteiger partial charge on any atom is 0.340 e. The zero-order chi connectivity index (χ0) is 13.8. The van der Waals surface area contributed by atoms with E-state index in [1.165, 1.54) is 19.2 Å². The molecule has 0 unspecified atom stereocenters. The molecule has 0 heterocycles. The predicted octanol–water partition coefficient (Wildman–Crippen LogP) is 2.15. The second-order valence-corrected chi connectivity index (χ2v) is 4.85. The quantitative estimate of drug-likeness (QED) is 0.790. The fourth-order valence-corrected chi connectivity index (χ4v) is 1.43. The van der Waals surface area contributed by atoms with Gasteiger partial charge in [-0.15, -0.1) is 0 Å². The van der Waals surface area contributed by atoms with E-state index in [4.69, 9.17) is 5.73 Å². The molecule has 0 atom stereocenters. The van der Waals surface area contributed by atoms with Crippen molar-refractivity contribution in [3.63, 3.8) is 0 Å². The zero-order valence-corrected chi connectivity index (χ0v) is 10.9. The molecule has 0 spiro atoms. The number of rotatable bonds is 5. The lowest BCUT2D eigenvalue weighted by atomic mass is 10.0. The Morgan fingerprint density at radius 2 is 2.17 bits per heavy atom. The minimum Gasteiger partial charge on any atom is -0.465 e. The van der Waals surface area contributed by atoms with Crippen molar-refractivity contribution < 1.29 is 13.9 Å². The Morgan fingerprint density at radius 3 is 2.72 bits per heavy atom. The number of carbonyl (C=O) groups is 1. The van der Waals surface area contributed by atoms with Crippen molar-refractivity contribution in [3.8, 4) is 0 Å². The van der Waals surface area contributed by atoms with Crippen LogP contribution in [0.25, 0.3) is 0 Å². The van der Waals surface area contributed by atoms with Crippen molar-refractivity contribution in [3.05, 3.63) is 29.6 Å². The Bertz CT molecular complexity index is 427. The zero-order valence-electron chi connectivity index (χ0n) is 10.9. The highest BCUT2D eigenvalue weighted by Gasteiger charge is 2.13. The number of anilines is 1. The summed E-state index contributed by atoms with van der Waals surface area (Å²) < 4.78 is 17.9. The molecule has 5 heteroatoms. The molecule has 0 amide bonds. The van der Waals surface area contributed by atoms with Crippen LogP contribution in [0.3, 0.4) is 0 Å². The van der Waals surface area contributed by atoms with Crippen LogP contribution in [-0.4, -0.2) is 25.2 Å². The standard InChI is InChI=1S/C13H19FN2O2/c1-13(2,15)6-7-16-9-4-5-11(14)10(8-9)12(17)18-3/h4-5,8,16H,6-7,15H2,1-3H3. The minimum atomic E-state index is -0.685. The van der Waals surface area contributed by atoms with Crippen LogP contribution in [0.4, 0.5) is 10.1 Å². The molecule has 0 aliphatic heterocycles. The van der Waals surface area contributed by atoms with E-state index in [0.29, 0.717) is 12.2 Å². The number of esters is 1. The Morgan fingerprint density at radius 1 is 1.50 bits per heavy atom. The predicted molar refractivity (Wildman–Crippen MR) is 69.1 cm³/mol. The van der Waals surface area contributed by atoms with Crippen LogP contribution in [0.2, 0.25) is 0 Å². The first-order chi connectivity index (χ1) is 8.33. The van der Waals surface area contributed by atoms with Gasteiger partial charge in [-0.25, -0.2) is 9.18 Å². The summed E-state index contributed by atoms with van der Waals surface area (Å²) in [5.74, 6) is -1.28. The highest BCUT2D eigenvalue weighted by molar-refractivity contribution is 5.90. The SMILES string of the molecule is COC(=O)c1cc(NCCC(C)(C)N)ccc1F. The summed E-state index contributed by atoms with van der Waals surface area (Å²) in [6, 6.07) is 4.25. The molecule has 100 valence electrons. The van der Waals surface area contributed by atoms with Gasteiger partial charge in [0.25, 0.3) is 0 Å². The number of methoxy groups -OCH3 is 1. The lowest BCUT2D eigenvalue weighted by molar-refractivity contribution is 0.0595. The van der Waals surface area contributed by atoms with E-state index in [-0.39, 0.29) is 11.1 Å². The molecule has 0 saturated carbocycles. The van der Waals surface area contributed by atoms with E-state index in [2.05, 4.69) is 10.1 Å². The van der Waals surface area contributed by atoms with Crippen molar-refractivity contribution in [2.45, 2.75) is 25.8 Å². The molecule has 0 bridgehead atoms. The molecule has 0 aliphatic carbocycles. The molecule has 1 aromatic carbocycles. The Balaban J connectivity index is 2.71. The molecule has 0 aromatic heterocycles. The second kappa shape index (κ2) is 5.82. The molecule has 0 radical (unpaired) electrons. The van der Waals surface area contributed by atoms with Crippen LogP contribution < -0.4 is 11.1 Å². The van der Waals surface area contributed by atoms with Crippen LogP contribution in [0.1, 0.15) is 30.6 Å². The summed E-state index contributed by atoms with van der Waals surface area (Å²) in [7, 11) is 1.22. The number of hydrogen-bond donors (Lipinski definition) is 2. The first-order valence-corrected chi connectivity index (χ1v) is 5.74. The van der Waals surface area contributed by atoms with Gasteiger partial charge >= 0.3 is 5.97 Å². The van der Waals surface area contributed by atoms with Gasteiger partial charge in [-0.05, 0) is 38.5 Å². The van der Waals surface area contributed by atoms with Crippen molar-refractivity contribution in [2.24, 2.45) is 5.73 Å². The number of carbonyl (C=O) groups excluding carboxylic acids is 1. The van der Waals surface area contributed by atoms with Gasteiger partial charge in [-0.3, -0.25) is 0 Å². The largest absolute Gasteiger partial charge is 0.465 e. The molecule has 0 aliphatic rings. The molecule has 0 saturated heterocycles. The van der Waals surface area contributed by atoms with Gasteiger partial charge in [-0.2, -0.15) is 0 Å². The Hall–Kier alpha value is -1.62. The van der Waals surface area contributed by atoms with E-state index >= 15 is 0 Å². The molecule has 3 N–H and O–H groups in total. The molecule has 1 rings (SSSR count). The third-order valence-corrected chi connectivity index (χ3v) is 2.47. The van der Waals surface area contributed by atoms with Crippen molar-refractivity contribution in [1.82, 2.24) is 0 Å². The molecule has 18 heavy (non-hydrogen) atoms. The van der Waals surface area contributed by atoms with E-state index in [9.17, 15) is 9.18 Å². The van der Waals surface area contributed by atoms with E-state index < -0.39 is 11.8 Å². The average molecular weight is 254 g/mol. The van der Waals surface area contributed by atoms with Gasteiger partial charge < -0.3 is 15.8 Å². The summed E-state index contributed by atoms with van der Waals surface area (Å²) in [6.45, 7) is 4.51. The van der Waals surface area contributed by atoms with Gasteiger partial charge in [0.05, 0.1) is 12.7 Å². The lowest BCUT2D eigenvalue weighted by Gasteiger charge is -2.18.